The molecule has 0 aliphatic rings. The minimum Gasteiger partial charge on any atom is -0.481 e. The van der Waals surface area contributed by atoms with Gasteiger partial charge < -0.3 is 4.74 Å². The third-order valence-electron chi connectivity index (χ3n) is 1.62. The first-order valence-electron chi connectivity index (χ1n) is 4.06. The Labute approximate surface area is 90.5 Å². The van der Waals surface area contributed by atoms with E-state index in [2.05, 4.69) is 15.9 Å². The second-order valence-electron chi connectivity index (χ2n) is 2.73. The third kappa shape index (κ3) is 3.01. The minimum absolute atomic E-state index is 0.357. The fraction of sp³-hybridized carbons (Fsp3) is 0.222. The number of rotatable bonds is 3. The summed E-state index contributed by atoms with van der Waals surface area (Å²) in [7, 11) is 0. The number of hydrazine groups is 1. The molecule has 0 spiro atoms. The maximum atomic E-state index is 11.0. The second-order valence-corrected chi connectivity index (χ2v) is 3.64. The highest BCUT2D eigenvalue weighted by Gasteiger charge is 2.12. The van der Waals surface area contributed by atoms with Gasteiger partial charge >= 0.3 is 0 Å². The van der Waals surface area contributed by atoms with Gasteiger partial charge in [-0.3, -0.25) is 10.2 Å². The number of amides is 1. The maximum Gasteiger partial charge on any atom is 0.274 e. The first-order chi connectivity index (χ1) is 6.63. The van der Waals surface area contributed by atoms with E-state index in [1.807, 2.05) is 17.6 Å². The van der Waals surface area contributed by atoms with E-state index in [4.69, 9.17) is 10.6 Å². The Hall–Kier alpha value is -1.07. The molecular weight excluding hydrogens is 248 g/mol. The molecule has 0 aliphatic carbocycles. The van der Waals surface area contributed by atoms with Crippen molar-refractivity contribution in [2.75, 3.05) is 0 Å². The number of hydrogen-bond acceptors (Lipinski definition) is 3. The summed E-state index contributed by atoms with van der Waals surface area (Å²) in [6.07, 6.45) is -0.603. The number of nitrogens with one attached hydrogen (secondary N) is 1. The highest BCUT2D eigenvalue weighted by molar-refractivity contribution is 9.10. The van der Waals surface area contributed by atoms with E-state index in [9.17, 15) is 4.79 Å². The quantitative estimate of drug-likeness (QED) is 0.487. The molecule has 0 saturated carbocycles. The van der Waals surface area contributed by atoms with Crippen molar-refractivity contribution < 1.29 is 9.53 Å². The van der Waals surface area contributed by atoms with Crippen LogP contribution in [0.3, 0.4) is 0 Å². The Balaban J connectivity index is 2.64. The Kier molecular flexibility index (Phi) is 3.91. The van der Waals surface area contributed by atoms with Gasteiger partial charge in [0, 0.05) is 4.47 Å². The smallest absolute Gasteiger partial charge is 0.274 e. The molecular formula is C9H11BrN2O2. The zero-order valence-electron chi connectivity index (χ0n) is 7.66. The summed E-state index contributed by atoms with van der Waals surface area (Å²) in [5.74, 6) is 5.23. The number of carbonyl (C=O) groups is 1. The van der Waals surface area contributed by atoms with Crippen LogP contribution in [0.25, 0.3) is 0 Å². The lowest BCUT2D eigenvalue weighted by molar-refractivity contribution is -0.127. The fourth-order valence-corrected chi connectivity index (χ4v) is 1.29. The van der Waals surface area contributed by atoms with Gasteiger partial charge in [-0.25, -0.2) is 5.84 Å². The van der Waals surface area contributed by atoms with Gasteiger partial charge in [0.2, 0.25) is 0 Å². The normalized spacial score (nSPS) is 11.9. The standard InChI is InChI=1S/C9H11BrN2O2/c1-6(9(13)12-11)14-8-4-2-3-7(10)5-8/h2-6H,11H2,1H3,(H,12,13). The van der Waals surface area contributed by atoms with Crippen molar-refractivity contribution in [2.24, 2.45) is 5.84 Å². The van der Waals surface area contributed by atoms with Crippen molar-refractivity contribution >= 4 is 21.8 Å². The van der Waals surface area contributed by atoms with Crippen LogP contribution in [0.2, 0.25) is 0 Å². The van der Waals surface area contributed by atoms with Crippen molar-refractivity contribution in [1.29, 1.82) is 0 Å². The summed E-state index contributed by atoms with van der Waals surface area (Å²) in [6, 6.07) is 7.25. The number of ether oxygens (including phenoxy) is 1. The predicted molar refractivity (Wildman–Crippen MR) is 56.6 cm³/mol. The summed E-state index contributed by atoms with van der Waals surface area (Å²) in [5, 5.41) is 0. The number of benzene rings is 1. The molecule has 5 heteroatoms. The fourth-order valence-electron chi connectivity index (χ4n) is 0.915. The SMILES string of the molecule is CC(Oc1cccc(Br)c1)C(=O)NN. The van der Waals surface area contributed by atoms with Gasteiger partial charge in [0.05, 0.1) is 0 Å². The number of carbonyl (C=O) groups excluding carboxylic acids is 1. The lowest BCUT2D eigenvalue weighted by atomic mass is 10.3. The molecule has 0 heterocycles. The molecule has 0 radical (unpaired) electrons. The van der Waals surface area contributed by atoms with Gasteiger partial charge in [-0.15, -0.1) is 0 Å². The Morgan fingerprint density at radius 3 is 2.93 bits per heavy atom. The molecule has 0 fully saturated rings. The van der Waals surface area contributed by atoms with Crippen LogP contribution in [0.15, 0.2) is 28.7 Å². The van der Waals surface area contributed by atoms with Gasteiger partial charge in [0.15, 0.2) is 6.10 Å². The van der Waals surface area contributed by atoms with Gasteiger partial charge in [-0.05, 0) is 25.1 Å². The number of halogens is 1. The average Bonchev–Trinajstić information content (AvgIpc) is 2.16. The van der Waals surface area contributed by atoms with Crippen molar-refractivity contribution in [2.45, 2.75) is 13.0 Å². The molecule has 1 atom stereocenters. The van der Waals surface area contributed by atoms with E-state index in [-0.39, 0.29) is 5.91 Å². The van der Waals surface area contributed by atoms with Crippen LogP contribution < -0.4 is 16.0 Å². The molecule has 0 aromatic heterocycles. The highest BCUT2D eigenvalue weighted by Crippen LogP contribution is 2.18. The van der Waals surface area contributed by atoms with Crippen LogP contribution in [0, 0.1) is 0 Å². The first kappa shape index (κ1) is 11.0. The van der Waals surface area contributed by atoms with Crippen LogP contribution in [-0.4, -0.2) is 12.0 Å². The average molecular weight is 259 g/mol. The van der Waals surface area contributed by atoms with E-state index in [1.54, 1.807) is 19.1 Å². The number of nitrogens with two attached hydrogens (primary N) is 1. The van der Waals surface area contributed by atoms with Crippen LogP contribution in [0.5, 0.6) is 5.75 Å². The van der Waals surface area contributed by atoms with E-state index < -0.39 is 6.10 Å². The van der Waals surface area contributed by atoms with E-state index in [1.165, 1.54) is 0 Å². The molecule has 14 heavy (non-hydrogen) atoms. The van der Waals surface area contributed by atoms with Crippen molar-refractivity contribution in [3.8, 4) is 5.75 Å². The largest absolute Gasteiger partial charge is 0.481 e. The Morgan fingerprint density at radius 2 is 2.36 bits per heavy atom. The van der Waals surface area contributed by atoms with Crippen LogP contribution in [0.4, 0.5) is 0 Å². The summed E-state index contributed by atoms with van der Waals surface area (Å²) >= 11 is 3.30. The van der Waals surface area contributed by atoms with E-state index in [0.29, 0.717) is 5.75 Å². The summed E-state index contributed by atoms with van der Waals surface area (Å²) < 4.78 is 6.22. The highest BCUT2D eigenvalue weighted by atomic mass is 79.9. The van der Waals surface area contributed by atoms with Crippen LogP contribution in [0.1, 0.15) is 6.92 Å². The second kappa shape index (κ2) is 4.97. The first-order valence-corrected chi connectivity index (χ1v) is 4.85. The molecule has 4 nitrogen and oxygen atoms in total. The van der Waals surface area contributed by atoms with E-state index >= 15 is 0 Å². The lowest BCUT2D eigenvalue weighted by Gasteiger charge is -2.12. The number of hydrogen-bond donors (Lipinski definition) is 2. The molecule has 0 saturated heterocycles. The summed E-state index contributed by atoms with van der Waals surface area (Å²) in [4.78, 5) is 11.0. The maximum absolute atomic E-state index is 11.0. The zero-order chi connectivity index (χ0) is 10.6. The monoisotopic (exact) mass is 258 g/mol. The lowest BCUT2D eigenvalue weighted by Crippen LogP contribution is -2.40. The molecule has 0 aliphatic heterocycles. The van der Waals surface area contributed by atoms with Gasteiger partial charge in [-0.1, -0.05) is 22.0 Å². The van der Waals surface area contributed by atoms with Crippen LogP contribution >= 0.6 is 15.9 Å². The van der Waals surface area contributed by atoms with Crippen molar-refractivity contribution in [3.63, 3.8) is 0 Å². The third-order valence-corrected chi connectivity index (χ3v) is 2.11. The van der Waals surface area contributed by atoms with Gasteiger partial charge in [0.25, 0.3) is 5.91 Å². The molecule has 0 bridgehead atoms. The zero-order valence-corrected chi connectivity index (χ0v) is 9.24. The van der Waals surface area contributed by atoms with E-state index in [0.717, 1.165) is 4.47 Å². The predicted octanol–water partition coefficient (Wildman–Crippen LogP) is 1.21. The van der Waals surface area contributed by atoms with Gasteiger partial charge in [0.1, 0.15) is 5.75 Å². The Bertz CT molecular complexity index is 330. The van der Waals surface area contributed by atoms with Crippen molar-refractivity contribution in [1.82, 2.24) is 5.43 Å². The molecule has 76 valence electrons. The minimum atomic E-state index is -0.603. The molecule has 1 rings (SSSR count). The summed E-state index contributed by atoms with van der Waals surface area (Å²) in [5.41, 5.74) is 2.02. The van der Waals surface area contributed by atoms with Crippen LogP contribution in [-0.2, 0) is 4.79 Å². The topological polar surface area (TPSA) is 64.3 Å². The molecule has 3 N–H and O–H groups in total. The molecule has 1 aromatic carbocycles. The van der Waals surface area contributed by atoms with Crippen molar-refractivity contribution in [3.05, 3.63) is 28.7 Å². The Morgan fingerprint density at radius 1 is 1.64 bits per heavy atom. The molecule has 1 unspecified atom stereocenters. The molecule has 1 amide bonds. The van der Waals surface area contributed by atoms with Gasteiger partial charge in [-0.2, -0.15) is 0 Å². The molecule has 1 aromatic rings. The summed E-state index contributed by atoms with van der Waals surface area (Å²) in [6.45, 7) is 1.63.